The molecule has 150 valence electrons. The highest BCUT2D eigenvalue weighted by atomic mass is 32.2. The summed E-state index contributed by atoms with van der Waals surface area (Å²) in [7, 11) is 0. The molecule has 0 heterocycles. The summed E-state index contributed by atoms with van der Waals surface area (Å²) in [5.41, 5.74) is 2.66. The maximum atomic E-state index is 12.6. The number of benzene rings is 2. The molecule has 2 aromatic rings. The number of carbonyl (C=O) groups is 2. The van der Waals surface area contributed by atoms with Crippen molar-refractivity contribution in [3.05, 3.63) is 71.3 Å². The van der Waals surface area contributed by atoms with Gasteiger partial charge in [-0.3, -0.25) is 9.59 Å². The largest absolute Gasteiger partial charge is 0.377 e. The van der Waals surface area contributed by atoms with Gasteiger partial charge in [-0.2, -0.15) is 11.8 Å². The fourth-order valence-corrected chi connectivity index (χ4v) is 3.09. The van der Waals surface area contributed by atoms with Gasteiger partial charge in [0.2, 0.25) is 5.91 Å². The highest BCUT2D eigenvalue weighted by molar-refractivity contribution is 7.98. The van der Waals surface area contributed by atoms with Crippen LogP contribution in [0.3, 0.4) is 0 Å². The number of hydrogen-bond acceptors (Lipinski definition) is 4. The van der Waals surface area contributed by atoms with Crippen LogP contribution in [0.1, 0.15) is 34.8 Å². The summed E-state index contributed by atoms with van der Waals surface area (Å²) in [4.78, 5) is 25.1. The lowest BCUT2D eigenvalue weighted by Gasteiger charge is -2.18. The predicted octanol–water partition coefficient (Wildman–Crippen LogP) is 3.39. The lowest BCUT2D eigenvalue weighted by Crippen LogP contribution is -2.46. The van der Waals surface area contributed by atoms with E-state index in [4.69, 9.17) is 4.74 Å². The standard InChI is InChI=1S/C22H28N2O3S/c1-3-27-16-18-11-9-17(10-12-18)15-23-22(26)20(13-14-28-2)24-21(25)19-7-5-4-6-8-19/h4-12,20H,3,13-16H2,1-2H3,(H,23,26)(H,24,25). The lowest BCUT2D eigenvalue weighted by atomic mass is 10.1. The monoisotopic (exact) mass is 400 g/mol. The molecule has 0 saturated carbocycles. The van der Waals surface area contributed by atoms with Gasteiger partial charge in [0.1, 0.15) is 6.04 Å². The molecular formula is C22H28N2O3S. The van der Waals surface area contributed by atoms with Crippen LogP contribution in [-0.4, -0.2) is 36.5 Å². The fraction of sp³-hybridized carbons (Fsp3) is 0.364. The fourth-order valence-electron chi connectivity index (χ4n) is 2.62. The predicted molar refractivity (Wildman–Crippen MR) is 114 cm³/mol. The third-order valence-electron chi connectivity index (χ3n) is 4.23. The molecule has 1 unspecified atom stereocenters. The zero-order valence-corrected chi connectivity index (χ0v) is 17.3. The van der Waals surface area contributed by atoms with Crippen LogP contribution in [0.4, 0.5) is 0 Å². The van der Waals surface area contributed by atoms with Gasteiger partial charge in [0.05, 0.1) is 6.61 Å². The van der Waals surface area contributed by atoms with Crippen molar-refractivity contribution in [2.24, 2.45) is 0 Å². The van der Waals surface area contributed by atoms with Crippen LogP contribution in [-0.2, 0) is 22.7 Å². The summed E-state index contributed by atoms with van der Waals surface area (Å²) in [6.07, 6.45) is 2.57. The topological polar surface area (TPSA) is 67.4 Å². The third-order valence-corrected chi connectivity index (χ3v) is 4.87. The van der Waals surface area contributed by atoms with Gasteiger partial charge in [0.15, 0.2) is 0 Å². The number of ether oxygens (including phenoxy) is 1. The molecule has 0 bridgehead atoms. The van der Waals surface area contributed by atoms with Gasteiger partial charge in [-0.25, -0.2) is 0 Å². The van der Waals surface area contributed by atoms with Crippen LogP contribution in [0.15, 0.2) is 54.6 Å². The van der Waals surface area contributed by atoms with E-state index < -0.39 is 6.04 Å². The van der Waals surface area contributed by atoms with E-state index in [0.29, 0.717) is 31.7 Å². The van der Waals surface area contributed by atoms with Crippen LogP contribution < -0.4 is 10.6 Å². The zero-order chi connectivity index (χ0) is 20.2. The molecule has 2 rings (SSSR count). The molecule has 0 saturated heterocycles. The van der Waals surface area contributed by atoms with E-state index in [-0.39, 0.29) is 11.8 Å². The maximum Gasteiger partial charge on any atom is 0.251 e. The lowest BCUT2D eigenvalue weighted by molar-refractivity contribution is -0.123. The van der Waals surface area contributed by atoms with E-state index in [9.17, 15) is 9.59 Å². The molecule has 2 aromatic carbocycles. The molecule has 28 heavy (non-hydrogen) atoms. The maximum absolute atomic E-state index is 12.6. The van der Waals surface area contributed by atoms with E-state index in [0.717, 1.165) is 16.9 Å². The minimum absolute atomic E-state index is 0.170. The minimum Gasteiger partial charge on any atom is -0.377 e. The molecule has 1 atom stereocenters. The Morgan fingerprint density at radius 2 is 1.71 bits per heavy atom. The Hall–Kier alpha value is -2.31. The summed E-state index contributed by atoms with van der Waals surface area (Å²) in [5.74, 6) is 0.387. The number of amides is 2. The molecular weight excluding hydrogens is 372 g/mol. The van der Waals surface area contributed by atoms with Gasteiger partial charge in [-0.05, 0) is 48.6 Å². The van der Waals surface area contributed by atoms with Gasteiger partial charge in [0.25, 0.3) is 5.91 Å². The highest BCUT2D eigenvalue weighted by Gasteiger charge is 2.20. The van der Waals surface area contributed by atoms with Crippen LogP contribution in [0.25, 0.3) is 0 Å². The molecule has 2 N–H and O–H groups in total. The summed E-state index contributed by atoms with van der Waals surface area (Å²) >= 11 is 1.65. The summed E-state index contributed by atoms with van der Waals surface area (Å²) in [6.45, 7) is 3.66. The van der Waals surface area contributed by atoms with Crippen molar-refractivity contribution < 1.29 is 14.3 Å². The van der Waals surface area contributed by atoms with Gasteiger partial charge in [-0.15, -0.1) is 0 Å². The van der Waals surface area contributed by atoms with E-state index in [1.807, 2.05) is 43.5 Å². The molecule has 6 heteroatoms. The number of thioether (sulfide) groups is 1. The minimum atomic E-state index is -0.558. The molecule has 0 spiro atoms. The molecule has 0 aliphatic rings. The molecule has 0 fully saturated rings. The summed E-state index contributed by atoms with van der Waals surface area (Å²) < 4.78 is 5.39. The third kappa shape index (κ3) is 7.37. The Morgan fingerprint density at radius 1 is 1.04 bits per heavy atom. The molecule has 2 amide bonds. The molecule has 5 nitrogen and oxygen atoms in total. The average molecular weight is 401 g/mol. The van der Waals surface area contributed by atoms with Gasteiger partial charge in [-0.1, -0.05) is 42.5 Å². The van der Waals surface area contributed by atoms with Crippen molar-refractivity contribution in [1.29, 1.82) is 0 Å². The first kappa shape index (κ1) is 22.0. The molecule has 0 aromatic heterocycles. The van der Waals surface area contributed by atoms with E-state index >= 15 is 0 Å². The number of rotatable bonds is 11. The second-order valence-electron chi connectivity index (χ2n) is 6.34. The Morgan fingerprint density at radius 3 is 2.36 bits per heavy atom. The van der Waals surface area contributed by atoms with Crippen molar-refractivity contribution in [1.82, 2.24) is 10.6 Å². The van der Waals surface area contributed by atoms with Crippen molar-refractivity contribution in [3.8, 4) is 0 Å². The van der Waals surface area contributed by atoms with Crippen molar-refractivity contribution in [2.45, 2.75) is 32.5 Å². The normalized spacial score (nSPS) is 11.6. The summed E-state index contributed by atoms with van der Waals surface area (Å²) in [5, 5.41) is 5.79. The first-order chi connectivity index (χ1) is 13.6. The molecule has 0 aliphatic heterocycles. The first-order valence-corrected chi connectivity index (χ1v) is 10.8. The number of carbonyl (C=O) groups excluding carboxylic acids is 2. The first-order valence-electron chi connectivity index (χ1n) is 9.42. The van der Waals surface area contributed by atoms with Crippen molar-refractivity contribution >= 4 is 23.6 Å². The Labute approximate surface area is 171 Å². The van der Waals surface area contributed by atoms with Crippen molar-refractivity contribution in [3.63, 3.8) is 0 Å². The van der Waals surface area contributed by atoms with Crippen LogP contribution in [0.5, 0.6) is 0 Å². The van der Waals surface area contributed by atoms with Crippen LogP contribution >= 0.6 is 11.8 Å². The smallest absolute Gasteiger partial charge is 0.251 e. The Bertz CT molecular complexity index is 735. The Balaban J connectivity index is 1.91. The quantitative estimate of drug-likeness (QED) is 0.607. The second kappa shape index (κ2) is 12.2. The van der Waals surface area contributed by atoms with Gasteiger partial charge < -0.3 is 15.4 Å². The SMILES string of the molecule is CCOCc1ccc(CNC(=O)C(CCSC)NC(=O)c2ccccc2)cc1. The Kier molecular flexibility index (Phi) is 9.59. The number of hydrogen-bond donors (Lipinski definition) is 2. The van der Waals surface area contributed by atoms with E-state index in [1.54, 1.807) is 36.0 Å². The highest BCUT2D eigenvalue weighted by Crippen LogP contribution is 2.07. The van der Waals surface area contributed by atoms with Gasteiger partial charge in [0, 0.05) is 18.7 Å². The molecule has 0 aliphatic carbocycles. The zero-order valence-electron chi connectivity index (χ0n) is 16.4. The van der Waals surface area contributed by atoms with Crippen molar-refractivity contribution in [2.75, 3.05) is 18.6 Å². The van der Waals surface area contributed by atoms with Crippen LogP contribution in [0.2, 0.25) is 0 Å². The average Bonchev–Trinajstić information content (AvgIpc) is 2.74. The summed E-state index contributed by atoms with van der Waals surface area (Å²) in [6, 6.07) is 16.3. The second-order valence-corrected chi connectivity index (χ2v) is 7.33. The van der Waals surface area contributed by atoms with Gasteiger partial charge >= 0.3 is 0 Å². The van der Waals surface area contributed by atoms with E-state index in [1.165, 1.54) is 0 Å². The number of nitrogens with one attached hydrogen (secondary N) is 2. The van der Waals surface area contributed by atoms with E-state index in [2.05, 4.69) is 10.6 Å². The molecule has 0 radical (unpaired) electrons. The van der Waals surface area contributed by atoms with Crippen LogP contribution in [0, 0.1) is 0 Å².